The Balaban J connectivity index is 1.61. The minimum absolute atomic E-state index is 0.0363. The van der Waals surface area contributed by atoms with E-state index in [1.165, 1.54) is 12.1 Å². The van der Waals surface area contributed by atoms with Crippen LogP contribution < -0.4 is 5.32 Å². The number of carbonyl (C=O) groups excluding carboxylic acids is 1. The van der Waals surface area contributed by atoms with Crippen LogP contribution in [0.25, 0.3) is 0 Å². The Morgan fingerprint density at radius 2 is 2.04 bits per heavy atom. The molecule has 0 radical (unpaired) electrons. The average Bonchev–Trinajstić information content (AvgIpc) is 2.60. The summed E-state index contributed by atoms with van der Waals surface area (Å²) in [5.74, 6) is -0.238. The third-order valence-corrected chi connectivity index (χ3v) is 4.89. The summed E-state index contributed by atoms with van der Waals surface area (Å²) in [7, 11) is 0. The minimum atomic E-state index is -0.225. The highest BCUT2D eigenvalue weighted by Crippen LogP contribution is 2.24. The van der Waals surface area contributed by atoms with Crippen LogP contribution in [0.5, 0.6) is 0 Å². The summed E-state index contributed by atoms with van der Waals surface area (Å²) >= 11 is 6.02. The van der Waals surface area contributed by atoms with E-state index >= 15 is 0 Å². The lowest BCUT2D eigenvalue weighted by Crippen LogP contribution is -2.40. The van der Waals surface area contributed by atoms with Crippen LogP contribution >= 0.6 is 11.6 Å². The van der Waals surface area contributed by atoms with E-state index in [0.29, 0.717) is 11.6 Å². The van der Waals surface area contributed by atoms with E-state index in [-0.39, 0.29) is 17.6 Å². The second-order valence-corrected chi connectivity index (χ2v) is 7.09. The summed E-state index contributed by atoms with van der Waals surface area (Å²) in [4.78, 5) is 14.9. The molecule has 0 bridgehead atoms. The standard InChI is InChI=1S/C20H22ClFN2O/c1-14-4-7-17(21)11-19(14)23-20(25)16-3-2-10-24(13-16)12-15-5-8-18(22)9-6-15/h4-9,11,16H,2-3,10,12-13H2,1H3,(H,23,25)/t16-/m0/s1. The first kappa shape index (κ1) is 17.9. The van der Waals surface area contributed by atoms with Gasteiger partial charge < -0.3 is 5.32 Å². The summed E-state index contributed by atoms with van der Waals surface area (Å²) in [6.45, 7) is 4.36. The molecule has 2 aromatic carbocycles. The van der Waals surface area contributed by atoms with Gasteiger partial charge in [-0.3, -0.25) is 9.69 Å². The van der Waals surface area contributed by atoms with Crippen molar-refractivity contribution in [1.29, 1.82) is 0 Å². The van der Waals surface area contributed by atoms with Crippen LogP contribution in [0.3, 0.4) is 0 Å². The van der Waals surface area contributed by atoms with E-state index in [1.54, 1.807) is 18.2 Å². The van der Waals surface area contributed by atoms with Crippen molar-refractivity contribution in [3.05, 3.63) is 64.4 Å². The number of hydrogen-bond acceptors (Lipinski definition) is 2. The molecule has 2 aromatic rings. The Kier molecular flexibility index (Phi) is 5.71. The number of likely N-dealkylation sites (tertiary alicyclic amines) is 1. The molecule has 0 aromatic heterocycles. The average molecular weight is 361 g/mol. The second kappa shape index (κ2) is 7.98. The fraction of sp³-hybridized carbons (Fsp3) is 0.350. The number of nitrogens with one attached hydrogen (secondary N) is 1. The molecule has 0 aliphatic carbocycles. The Morgan fingerprint density at radius 1 is 1.28 bits per heavy atom. The smallest absolute Gasteiger partial charge is 0.228 e. The molecule has 3 rings (SSSR count). The van der Waals surface area contributed by atoms with E-state index in [2.05, 4.69) is 10.2 Å². The zero-order valence-corrected chi connectivity index (χ0v) is 15.0. The molecule has 1 aliphatic heterocycles. The maximum absolute atomic E-state index is 13.0. The first-order chi connectivity index (χ1) is 12.0. The van der Waals surface area contributed by atoms with Crippen molar-refractivity contribution < 1.29 is 9.18 Å². The first-order valence-electron chi connectivity index (χ1n) is 8.55. The third-order valence-electron chi connectivity index (χ3n) is 4.65. The van der Waals surface area contributed by atoms with Gasteiger partial charge in [0.25, 0.3) is 0 Å². The molecule has 1 amide bonds. The molecule has 1 N–H and O–H groups in total. The van der Waals surface area contributed by atoms with E-state index in [4.69, 9.17) is 11.6 Å². The molecule has 132 valence electrons. The first-order valence-corrected chi connectivity index (χ1v) is 8.93. The quantitative estimate of drug-likeness (QED) is 0.861. The lowest BCUT2D eigenvalue weighted by molar-refractivity contribution is -0.121. The molecule has 0 spiro atoms. The van der Waals surface area contributed by atoms with E-state index in [0.717, 1.165) is 42.7 Å². The van der Waals surface area contributed by atoms with Crippen LogP contribution in [0.15, 0.2) is 42.5 Å². The van der Waals surface area contributed by atoms with Crippen molar-refractivity contribution in [3.8, 4) is 0 Å². The van der Waals surface area contributed by atoms with Gasteiger partial charge in [0.2, 0.25) is 5.91 Å². The molecule has 25 heavy (non-hydrogen) atoms. The van der Waals surface area contributed by atoms with Crippen molar-refractivity contribution in [3.63, 3.8) is 0 Å². The summed E-state index contributed by atoms with van der Waals surface area (Å²) in [5, 5.41) is 3.63. The summed E-state index contributed by atoms with van der Waals surface area (Å²) in [6.07, 6.45) is 1.86. The highest BCUT2D eigenvalue weighted by molar-refractivity contribution is 6.31. The SMILES string of the molecule is Cc1ccc(Cl)cc1NC(=O)[C@H]1CCCN(Cc2ccc(F)cc2)C1. The number of aryl methyl sites for hydroxylation is 1. The van der Waals surface area contributed by atoms with Gasteiger partial charge in [0.1, 0.15) is 5.82 Å². The number of rotatable bonds is 4. The predicted molar refractivity (Wildman–Crippen MR) is 99.2 cm³/mol. The van der Waals surface area contributed by atoms with Crippen molar-refractivity contribution in [2.45, 2.75) is 26.3 Å². The van der Waals surface area contributed by atoms with Crippen LogP contribution in [-0.4, -0.2) is 23.9 Å². The highest BCUT2D eigenvalue weighted by atomic mass is 35.5. The molecule has 0 unspecified atom stereocenters. The van der Waals surface area contributed by atoms with Gasteiger partial charge in [-0.15, -0.1) is 0 Å². The van der Waals surface area contributed by atoms with Crippen molar-refractivity contribution in [2.24, 2.45) is 5.92 Å². The van der Waals surface area contributed by atoms with Gasteiger partial charge in [-0.25, -0.2) is 4.39 Å². The number of anilines is 1. The molecular weight excluding hydrogens is 339 g/mol. The zero-order chi connectivity index (χ0) is 17.8. The van der Waals surface area contributed by atoms with Gasteiger partial charge in [-0.1, -0.05) is 29.8 Å². The number of halogens is 2. The van der Waals surface area contributed by atoms with Crippen LogP contribution in [0, 0.1) is 18.7 Å². The maximum atomic E-state index is 13.0. The molecule has 1 saturated heterocycles. The maximum Gasteiger partial charge on any atom is 0.228 e. The van der Waals surface area contributed by atoms with Crippen LogP contribution in [0.1, 0.15) is 24.0 Å². The number of piperidine rings is 1. The lowest BCUT2D eigenvalue weighted by Gasteiger charge is -2.32. The van der Waals surface area contributed by atoms with Gasteiger partial charge in [0, 0.05) is 23.8 Å². The normalized spacial score (nSPS) is 18.1. The number of nitrogens with zero attached hydrogens (tertiary/aromatic N) is 1. The van der Waals surface area contributed by atoms with E-state index in [9.17, 15) is 9.18 Å². The second-order valence-electron chi connectivity index (χ2n) is 6.65. The van der Waals surface area contributed by atoms with Crippen LogP contribution in [-0.2, 0) is 11.3 Å². The van der Waals surface area contributed by atoms with Crippen molar-refractivity contribution >= 4 is 23.2 Å². The molecule has 1 atom stereocenters. The van der Waals surface area contributed by atoms with Crippen LogP contribution in [0.4, 0.5) is 10.1 Å². The van der Waals surface area contributed by atoms with Crippen molar-refractivity contribution in [2.75, 3.05) is 18.4 Å². The predicted octanol–water partition coefficient (Wildman–Crippen LogP) is 4.64. The fourth-order valence-electron chi connectivity index (χ4n) is 3.22. The van der Waals surface area contributed by atoms with Gasteiger partial charge in [0.05, 0.1) is 5.92 Å². The Bertz CT molecular complexity index is 748. The Labute approximate surface area is 152 Å². The molecule has 0 saturated carbocycles. The molecule has 1 heterocycles. The minimum Gasteiger partial charge on any atom is -0.326 e. The molecule has 3 nitrogen and oxygen atoms in total. The Morgan fingerprint density at radius 3 is 2.80 bits per heavy atom. The largest absolute Gasteiger partial charge is 0.326 e. The molecule has 1 fully saturated rings. The van der Waals surface area contributed by atoms with E-state index < -0.39 is 0 Å². The van der Waals surface area contributed by atoms with E-state index in [1.807, 2.05) is 19.1 Å². The molecule has 1 aliphatic rings. The van der Waals surface area contributed by atoms with Gasteiger partial charge >= 0.3 is 0 Å². The molecular formula is C20H22ClFN2O. The summed E-state index contributed by atoms with van der Waals surface area (Å²) in [6, 6.07) is 12.1. The number of amides is 1. The lowest BCUT2D eigenvalue weighted by atomic mass is 9.96. The fourth-order valence-corrected chi connectivity index (χ4v) is 3.40. The van der Waals surface area contributed by atoms with Crippen LogP contribution in [0.2, 0.25) is 5.02 Å². The zero-order valence-electron chi connectivity index (χ0n) is 14.3. The topological polar surface area (TPSA) is 32.3 Å². The molecule has 5 heteroatoms. The third kappa shape index (κ3) is 4.80. The van der Waals surface area contributed by atoms with Crippen molar-refractivity contribution in [1.82, 2.24) is 4.90 Å². The Hall–Kier alpha value is -1.91. The number of hydrogen-bond donors (Lipinski definition) is 1. The van der Waals surface area contributed by atoms with Gasteiger partial charge in [-0.05, 0) is 61.7 Å². The highest BCUT2D eigenvalue weighted by Gasteiger charge is 2.26. The summed E-state index contributed by atoms with van der Waals surface area (Å²) < 4.78 is 13.0. The monoisotopic (exact) mass is 360 g/mol. The number of carbonyl (C=O) groups is 1. The number of benzene rings is 2. The van der Waals surface area contributed by atoms with Gasteiger partial charge in [-0.2, -0.15) is 0 Å². The summed E-state index contributed by atoms with van der Waals surface area (Å²) in [5.41, 5.74) is 2.83. The van der Waals surface area contributed by atoms with Gasteiger partial charge in [0.15, 0.2) is 0 Å².